The maximum Gasteiger partial charge on any atom is 0.257 e. The van der Waals surface area contributed by atoms with Gasteiger partial charge in [0.05, 0.1) is 30.1 Å². The predicted molar refractivity (Wildman–Crippen MR) is 94.9 cm³/mol. The minimum atomic E-state index is -0.333. The van der Waals surface area contributed by atoms with Crippen LogP contribution in [-0.2, 0) is 4.74 Å². The summed E-state index contributed by atoms with van der Waals surface area (Å²) in [5.41, 5.74) is 1.42. The third-order valence-corrected chi connectivity index (χ3v) is 7.11. The number of carbonyl (C=O) groups is 1. The van der Waals surface area contributed by atoms with Gasteiger partial charge in [0.15, 0.2) is 0 Å². The van der Waals surface area contributed by atoms with Crippen LogP contribution in [0, 0.1) is 11.8 Å². The van der Waals surface area contributed by atoms with Crippen LogP contribution in [0.25, 0.3) is 0 Å². The lowest BCUT2D eigenvalue weighted by Gasteiger charge is -2.34. The minimum absolute atomic E-state index is 0.0607. The molecule has 1 aromatic rings. The standard InChI is InChI=1S/C19H28N4O3/c24-9-14-15-8-23(11-19(15)10-20-7-16(14)26-19)18(25)13-6-21-22-17(13)12-4-2-1-3-5-12/h6,12,14-16,20,24H,1-5,7-11H2,(H,21,22)/t14-,15+,16+,19+/m0/s1. The molecule has 7 nitrogen and oxygen atoms in total. The molecule has 3 aliphatic heterocycles. The first-order valence-corrected chi connectivity index (χ1v) is 10.0. The van der Waals surface area contributed by atoms with E-state index in [1.54, 1.807) is 6.20 Å². The Balaban J connectivity index is 1.37. The number of hydrogen-bond acceptors (Lipinski definition) is 5. The molecule has 4 atom stereocenters. The molecule has 0 radical (unpaired) electrons. The van der Waals surface area contributed by atoms with Gasteiger partial charge in [0.25, 0.3) is 5.91 Å². The second kappa shape index (κ2) is 6.32. The molecule has 0 unspecified atom stereocenters. The lowest BCUT2D eigenvalue weighted by atomic mass is 9.83. The van der Waals surface area contributed by atoms with E-state index in [9.17, 15) is 9.90 Å². The fourth-order valence-electron chi connectivity index (χ4n) is 5.79. The largest absolute Gasteiger partial charge is 0.396 e. The zero-order valence-electron chi connectivity index (χ0n) is 15.1. The number of carbonyl (C=O) groups excluding carboxylic acids is 1. The third kappa shape index (κ3) is 2.44. The molecule has 7 heteroatoms. The van der Waals surface area contributed by atoms with Gasteiger partial charge in [-0.1, -0.05) is 19.3 Å². The number of aromatic amines is 1. The number of H-pyrrole nitrogens is 1. The van der Waals surface area contributed by atoms with Gasteiger partial charge in [0, 0.05) is 44.0 Å². The average molecular weight is 360 g/mol. The van der Waals surface area contributed by atoms with E-state index in [4.69, 9.17) is 4.74 Å². The number of aromatic nitrogens is 2. The number of fused-ring (bicyclic) bond motifs is 1. The highest BCUT2D eigenvalue weighted by molar-refractivity contribution is 5.95. The van der Waals surface area contributed by atoms with Crippen molar-refractivity contribution < 1.29 is 14.6 Å². The second-order valence-corrected chi connectivity index (χ2v) is 8.52. The first-order chi connectivity index (χ1) is 12.7. The lowest BCUT2D eigenvalue weighted by molar-refractivity contribution is -0.0726. The summed E-state index contributed by atoms with van der Waals surface area (Å²) < 4.78 is 6.32. The van der Waals surface area contributed by atoms with Gasteiger partial charge >= 0.3 is 0 Å². The summed E-state index contributed by atoms with van der Waals surface area (Å²) in [5, 5.41) is 20.6. The Morgan fingerprint density at radius 2 is 2.23 bits per heavy atom. The Kier molecular flexibility index (Phi) is 4.06. The molecule has 4 heterocycles. The van der Waals surface area contributed by atoms with Gasteiger partial charge in [0.1, 0.15) is 5.60 Å². The fourth-order valence-corrected chi connectivity index (χ4v) is 5.79. The van der Waals surface area contributed by atoms with Crippen molar-refractivity contribution in [2.24, 2.45) is 11.8 Å². The van der Waals surface area contributed by atoms with Crippen molar-refractivity contribution in [3.63, 3.8) is 0 Å². The summed E-state index contributed by atoms with van der Waals surface area (Å²) in [4.78, 5) is 15.2. The van der Waals surface area contributed by atoms with Crippen LogP contribution in [-0.4, -0.2) is 70.6 Å². The summed E-state index contributed by atoms with van der Waals surface area (Å²) in [6.07, 6.45) is 7.79. The first-order valence-electron chi connectivity index (χ1n) is 10.0. The monoisotopic (exact) mass is 360 g/mol. The van der Waals surface area contributed by atoms with Crippen LogP contribution >= 0.6 is 0 Å². The quantitative estimate of drug-likeness (QED) is 0.744. The van der Waals surface area contributed by atoms with Crippen LogP contribution in [0.5, 0.6) is 0 Å². The Bertz CT molecular complexity index is 686. The van der Waals surface area contributed by atoms with Crippen molar-refractivity contribution in [1.82, 2.24) is 20.4 Å². The highest BCUT2D eigenvalue weighted by Gasteiger charge is 2.61. The number of aliphatic hydroxyl groups excluding tert-OH is 1. The molecule has 1 aromatic heterocycles. The summed E-state index contributed by atoms with van der Waals surface area (Å²) in [6.45, 7) is 2.95. The van der Waals surface area contributed by atoms with E-state index in [0.717, 1.165) is 37.2 Å². The van der Waals surface area contributed by atoms with E-state index < -0.39 is 0 Å². The number of rotatable bonds is 3. The first kappa shape index (κ1) is 16.7. The Morgan fingerprint density at radius 3 is 3.04 bits per heavy atom. The molecule has 0 aromatic carbocycles. The molecule has 5 rings (SSSR count). The molecule has 2 bridgehead atoms. The van der Waals surface area contributed by atoms with Crippen LogP contribution in [0.3, 0.4) is 0 Å². The minimum Gasteiger partial charge on any atom is -0.396 e. The number of nitrogens with one attached hydrogen (secondary N) is 2. The van der Waals surface area contributed by atoms with Gasteiger partial charge in [-0.25, -0.2) is 0 Å². The number of morpholine rings is 1. The predicted octanol–water partition coefficient (Wildman–Crippen LogP) is 0.879. The topological polar surface area (TPSA) is 90.5 Å². The fraction of sp³-hybridized carbons (Fsp3) is 0.789. The number of aliphatic hydroxyl groups is 1. The van der Waals surface area contributed by atoms with E-state index in [2.05, 4.69) is 15.5 Å². The van der Waals surface area contributed by atoms with Gasteiger partial charge in [-0.2, -0.15) is 5.10 Å². The van der Waals surface area contributed by atoms with E-state index in [1.807, 2.05) is 4.90 Å². The van der Waals surface area contributed by atoms with E-state index in [1.165, 1.54) is 19.3 Å². The molecule has 1 spiro atoms. The normalized spacial score (nSPS) is 37.1. The van der Waals surface area contributed by atoms with Crippen molar-refractivity contribution in [3.8, 4) is 0 Å². The summed E-state index contributed by atoms with van der Waals surface area (Å²) >= 11 is 0. The number of amides is 1. The summed E-state index contributed by atoms with van der Waals surface area (Å²) in [7, 11) is 0. The maximum absolute atomic E-state index is 13.3. The van der Waals surface area contributed by atoms with Crippen molar-refractivity contribution >= 4 is 5.91 Å². The van der Waals surface area contributed by atoms with Gasteiger partial charge in [-0.05, 0) is 12.8 Å². The summed E-state index contributed by atoms with van der Waals surface area (Å²) in [6, 6.07) is 0. The molecule has 4 fully saturated rings. The van der Waals surface area contributed by atoms with Crippen LogP contribution in [0.15, 0.2) is 6.20 Å². The van der Waals surface area contributed by atoms with Crippen LogP contribution in [0.2, 0.25) is 0 Å². The van der Waals surface area contributed by atoms with Crippen molar-refractivity contribution in [3.05, 3.63) is 17.5 Å². The highest BCUT2D eigenvalue weighted by atomic mass is 16.5. The smallest absolute Gasteiger partial charge is 0.257 e. The molecule has 142 valence electrons. The Hall–Kier alpha value is -1.44. The Labute approximate surface area is 153 Å². The molecule has 4 aliphatic rings. The number of likely N-dealkylation sites (tertiary alicyclic amines) is 1. The van der Waals surface area contributed by atoms with Crippen molar-refractivity contribution in [1.29, 1.82) is 0 Å². The number of nitrogens with zero attached hydrogens (tertiary/aromatic N) is 2. The zero-order chi connectivity index (χ0) is 17.7. The van der Waals surface area contributed by atoms with Crippen molar-refractivity contribution in [2.75, 3.05) is 32.8 Å². The van der Waals surface area contributed by atoms with Gasteiger partial charge in [-0.3, -0.25) is 9.89 Å². The maximum atomic E-state index is 13.3. The van der Waals surface area contributed by atoms with E-state index in [-0.39, 0.29) is 36.1 Å². The average Bonchev–Trinajstić information content (AvgIpc) is 3.33. The molecule has 1 amide bonds. The Morgan fingerprint density at radius 1 is 1.38 bits per heavy atom. The highest BCUT2D eigenvalue weighted by Crippen LogP contribution is 2.47. The molecule has 1 saturated carbocycles. The molecule has 1 aliphatic carbocycles. The SMILES string of the molecule is O=C(c1cn[nH]c1C1CCCCC1)N1C[C@@H]2[C@H](CO)[C@H]3CNC[C@]2(C1)O3. The lowest BCUT2D eigenvalue weighted by Crippen LogP contribution is -2.52. The zero-order valence-corrected chi connectivity index (χ0v) is 15.1. The van der Waals surface area contributed by atoms with Gasteiger partial charge in [-0.15, -0.1) is 0 Å². The summed E-state index contributed by atoms with van der Waals surface area (Å²) in [5.74, 6) is 0.810. The van der Waals surface area contributed by atoms with Crippen LogP contribution in [0.1, 0.15) is 54.1 Å². The van der Waals surface area contributed by atoms with Crippen LogP contribution < -0.4 is 5.32 Å². The third-order valence-electron chi connectivity index (χ3n) is 7.11. The van der Waals surface area contributed by atoms with E-state index in [0.29, 0.717) is 19.0 Å². The molecule has 26 heavy (non-hydrogen) atoms. The molecule has 3 N–H and O–H groups in total. The number of ether oxygens (including phenoxy) is 1. The van der Waals surface area contributed by atoms with Gasteiger partial charge < -0.3 is 20.1 Å². The van der Waals surface area contributed by atoms with E-state index >= 15 is 0 Å². The molecule has 3 saturated heterocycles. The molecular weight excluding hydrogens is 332 g/mol. The number of hydrogen-bond donors (Lipinski definition) is 3. The van der Waals surface area contributed by atoms with Gasteiger partial charge in [0.2, 0.25) is 0 Å². The van der Waals surface area contributed by atoms with Crippen molar-refractivity contribution in [2.45, 2.75) is 49.7 Å². The van der Waals surface area contributed by atoms with Crippen LogP contribution in [0.4, 0.5) is 0 Å². The second-order valence-electron chi connectivity index (χ2n) is 8.52. The molecular formula is C19H28N4O3.